The molecule has 38 heavy (non-hydrogen) atoms. The Bertz CT molecular complexity index is 1390. The molecule has 3 aromatic carbocycles. The lowest BCUT2D eigenvalue weighted by molar-refractivity contribution is 0.303. The van der Waals surface area contributed by atoms with Crippen molar-refractivity contribution in [2.24, 2.45) is 0 Å². The molecule has 0 aliphatic rings. The first kappa shape index (κ1) is 27.3. The van der Waals surface area contributed by atoms with Crippen molar-refractivity contribution < 1.29 is 13.5 Å². The predicted molar refractivity (Wildman–Crippen MR) is 148 cm³/mol. The molecule has 1 aromatic heterocycles. The molecule has 0 fully saturated rings. The van der Waals surface area contributed by atoms with Crippen molar-refractivity contribution in [3.8, 4) is 11.8 Å². The molecule has 196 valence electrons. The van der Waals surface area contributed by atoms with Crippen LogP contribution in [0.25, 0.3) is 10.8 Å². The SMILES string of the molecule is CCCCCCCOc1ccc(CCc2ccc3c(F)c(CCc4ccc(C#N)c(F)c4)ccc3c2)nc1. The number of aryl methyl sites for hydroxylation is 4. The average molecular weight is 513 g/mol. The van der Waals surface area contributed by atoms with Crippen LogP contribution in [0.15, 0.2) is 66.9 Å². The second kappa shape index (κ2) is 13.7. The van der Waals surface area contributed by atoms with Gasteiger partial charge in [-0.05, 0) is 78.4 Å². The Hall–Kier alpha value is -3.78. The molecule has 0 spiro atoms. The number of unbranched alkanes of at least 4 members (excludes halogenated alkanes) is 4. The van der Waals surface area contributed by atoms with Gasteiger partial charge in [-0.15, -0.1) is 0 Å². The number of hydrogen-bond donors (Lipinski definition) is 0. The van der Waals surface area contributed by atoms with E-state index in [-0.39, 0.29) is 11.4 Å². The van der Waals surface area contributed by atoms with Crippen molar-refractivity contribution in [2.45, 2.75) is 64.7 Å². The monoisotopic (exact) mass is 512 g/mol. The van der Waals surface area contributed by atoms with E-state index in [1.165, 1.54) is 37.8 Å². The number of nitrogens with zero attached hydrogens (tertiary/aromatic N) is 2. The maximum Gasteiger partial charge on any atom is 0.141 e. The summed E-state index contributed by atoms with van der Waals surface area (Å²) in [5.41, 5.74) is 3.49. The number of aromatic nitrogens is 1. The quantitative estimate of drug-likeness (QED) is 0.169. The van der Waals surface area contributed by atoms with Gasteiger partial charge in [-0.2, -0.15) is 5.26 Å². The number of ether oxygens (including phenoxy) is 1. The van der Waals surface area contributed by atoms with Gasteiger partial charge in [-0.25, -0.2) is 8.78 Å². The maximum atomic E-state index is 15.2. The van der Waals surface area contributed by atoms with Gasteiger partial charge < -0.3 is 4.74 Å². The highest BCUT2D eigenvalue weighted by atomic mass is 19.1. The van der Waals surface area contributed by atoms with Gasteiger partial charge in [0.2, 0.25) is 0 Å². The van der Waals surface area contributed by atoms with Gasteiger partial charge >= 0.3 is 0 Å². The first-order chi connectivity index (χ1) is 18.6. The van der Waals surface area contributed by atoms with Gasteiger partial charge in [0.1, 0.15) is 23.5 Å². The van der Waals surface area contributed by atoms with Crippen LogP contribution in [0, 0.1) is 23.0 Å². The van der Waals surface area contributed by atoms with Crippen molar-refractivity contribution in [3.05, 3.63) is 106 Å². The summed E-state index contributed by atoms with van der Waals surface area (Å²) >= 11 is 0. The van der Waals surface area contributed by atoms with Crippen LogP contribution >= 0.6 is 0 Å². The van der Waals surface area contributed by atoms with E-state index in [2.05, 4.69) is 11.9 Å². The number of nitriles is 1. The Morgan fingerprint density at radius 1 is 0.816 bits per heavy atom. The normalized spacial score (nSPS) is 11.0. The van der Waals surface area contributed by atoms with Crippen LogP contribution in [0.5, 0.6) is 5.75 Å². The Morgan fingerprint density at radius 2 is 1.61 bits per heavy atom. The summed E-state index contributed by atoms with van der Waals surface area (Å²) in [5, 5.41) is 10.3. The molecule has 0 atom stereocenters. The van der Waals surface area contributed by atoms with Crippen LogP contribution in [-0.2, 0) is 25.7 Å². The molecule has 3 nitrogen and oxygen atoms in total. The van der Waals surface area contributed by atoms with Gasteiger partial charge in [0.25, 0.3) is 0 Å². The molecule has 1 heterocycles. The third kappa shape index (κ3) is 7.38. The Kier molecular flexibility index (Phi) is 9.81. The standard InChI is InChI=1S/C33H34F2N2O/c1-2-3-4-5-6-19-38-30-17-16-29(37-23-30)15-9-24-10-18-31-27(20-24)14-13-26(33(31)35)11-7-25-8-12-28(22-36)32(34)21-25/h8,10,12-14,16-18,20-21,23H,2-7,9,11,15,19H2,1H3. The van der Waals surface area contributed by atoms with Crippen LogP contribution in [0.3, 0.4) is 0 Å². The molecule has 4 rings (SSSR count). The van der Waals surface area contributed by atoms with Crippen molar-refractivity contribution in [1.82, 2.24) is 4.98 Å². The zero-order valence-electron chi connectivity index (χ0n) is 22.0. The third-order valence-corrected chi connectivity index (χ3v) is 6.92. The molecule has 0 amide bonds. The number of halogens is 2. The summed E-state index contributed by atoms with van der Waals surface area (Å²) < 4.78 is 34.9. The smallest absolute Gasteiger partial charge is 0.141 e. The molecule has 0 aliphatic heterocycles. The third-order valence-electron chi connectivity index (χ3n) is 6.92. The summed E-state index contributed by atoms with van der Waals surface area (Å²) in [4.78, 5) is 4.55. The van der Waals surface area contributed by atoms with Crippen molar-refractivity contribution >= 4 is 10.8 Å². The second-order valence-electron chi connectivity index (χ2n) is 9.77. The minimum Gasteiger partial charge on any atom is -0.492 e. The Morgan fingerprint density at radius 3 is 2.37 bits per heavy atom. The fourth-order valence-corrected chi connectivity index (χ4v) is 4.63. The fourth-order valence-electron chi connectivity index (χ4n) is 4.63. The summed E-state index contributed by atoms with van der Waals surface area (Å²) in [6.07, 6.45) is 10.4. The van der Waals surface area contributed by atoms with E-state index in [0.29, 0.717) is 23.8 Å². The minimum atomic E-state index is -0.538. The summed E-state index contributed by atoms with van der Waals surface area (Å²) in [7, 11) is 0. The summed E-state index contributed by atoms with van der Waals surface area (Å²) in [5.74, 6) is 0.0421. The number of hydrogen-bond acceptors (Lipinski definition) is 3. The van der Waals surface area contributed by atoms with E-state index in [4.69, 9.17) is 10.00 Å². The van der Waals surface area contributed by atoms with Crippen LogP contribution in [-0.4, -0.2) is 11.6 Å². The lowest BCUT2D eigenvalue weighted by atomic mass is 9.97. The topological polar surface area (TPSA) is 45.9 Å². The van der Waals surface area contributed by atoms with Crippen molar-refractivity contribution in [2.75, 3.05) is 6.61 Å². The zero-order chi connectivity index (χ0) is 26.7. The molecule has 4 aromatic rings. The maximum absolute atomic E-state index is 15.2. The highest BCUT2D eigenvalue weighted by Crippen LogP contribution is 2.25. The zero-order valence-corrected chi connectivity index (χ0v) is 22.0. The number of benzene rings is 3. The van der Waals surface area contributed by atoms with Crippen LogP contribution in [0.1, 0.15) is 67.0 Å². The van der Waals surface area contributed by atoms with Gasteiger partial charge in [0.15, 0.2) is 0 Å². The lowest BCUT2D eigenvalue weighted by Crippen LogP contribution is -2.00. The van der Waals surface area contributed by atoms with Crippen molar-refractivity contribution in [3.63, 3.8) is 0 Å². The molecule has 0 aliphatic carbocycles. The average Bonchev–Trinajstić information content (AvgIpc) is 2.94. The Balaban J connectivity index is 1.30. The van der Waals surface area contributed by atoms with Crippen LogP contribution < -0.4 is 4.74 Å². The number of pyridine rings is 1. The Labute approximate surface area is 224 Å². The highest BCUT2D eigenvalue weighted by molar-refractivity contribution is 5.84. The molecule has 0 N–H and O–H groups in total. The van der Waals surface area contributed by atoms with E-state index in [0.717, 1.165) is 53.8 Å². The van der Waals surface area contributed by atoms with Crippen molar-refractivity contribution in [1.29, 1.82) is 5.26 Å². The minimum absolute atomic E-state index is 0.0201. The molecular formula is C33H34F2N2O. The van der Waals surface area contributed by atoms with E-state index >= 15 is 4.39 Å². The van der Waals surface area contributed by atoms with E-state index < -0.39 is 5.82 Å². The molecule has 5 heteroatoms. The molecule has 0 radical (unpaired) electrons. The van der Waals surface area contributed by atoms with E-state index in [1.54, 1.807) is 12.3 Å². The van der Waals surface area contributed by atoms with Gasteiger partial charge in [0, 0.05) is 11.1 Å². The number of fused-ring (bicyclic) bond motifs is 1. The fraction of sp³-hybridized carbons (Fsp3) is 0.333. The molecule has 0 bridgehead atoms. The molecule has 0 saturated heterocycles. The van der Waals surface area contributed by atoms with Crippen LogP contribution in [0.2, 0.25) is 0 Å². The van der Waals surface area contributed by atoms with Gasteiger partial charge in [-0.3, -0.25) is 4.98 Å². The highest BCUT2D eigenvalue weighted by Gasteiger charge is 2.10. The molecule has 0 saturated carbocycles. The van der Waals surface area contributed by atoms with Crippen LogP contribution in [0.4, 0.5) is 8.78 Å². The lowest BCUT2D eigenvalue weighted by Gasteiger charge is -2.10. The molecule has 0 unspecified atom stereocenters. The van der Waals surface area contributed by atoms with E-state index in [1.807, 2.05) is 48.5 Å². The summed E-state index contributed by atoms with van der Waals surface area (Å²) in [6.45, 7) is 2.95. The predicted octanol–water partition coefficient (Wildman–Crippen LogP) is 8.30. The second-order valence-corrected chi connectivity index (χ2v) is 9.77. The van der Waals surface area contributed by atoms with Gasteiger partial charge in [-0.1, -0.05) is 69.0 Å². The van der Waals surface area contributed by atoms with Gasteiger partial charge in [0.05, 0.1) is 18.4 Å². The largest absolute Gasteiger partial charge is 0.492 e. The first-order valence-electron chi connectivity index (χ1n) is 13.5. The van der Waals surface area contributed by atoms with E-state index in [9.17, 15) is 4.39 Å². The number of rotatable bonds is 13. The first-order valence-corrected chi connectivity index (χ1v) is 13.5. The molecular weight excluding hydrogens is 478 g/mol. The summed E-state index contributed by atoms with van der Waals surface area (Å²) in [6, 6.07) is 20.0.